The lowest BCUT2D eigenvalue weighted by Gasteiger charge is -2.26. The van der Waals surface area contributed by atoms with Gasteiger partial charge in [-0.15, -0.1) is 0 Å². The molecule has 2 atom stereocenters. The van der Waals surface area contributed by atoms with E-state index in [1.165, 1.54) is 0 Å². The summed E-state index contributed by atoms with van der Waals surface area (Å²) in [5.41, 5.74) is 1.66. The first-order valence-corrected chi connectivity index (χ1v) is 7.98. The normalized spacial score (nSPS) is 21.6. The average molecular weight is 302 g/mol. The second kappa shape index (κ2) is 6.61. The van der Waals surface area contributed by atoms with Gasteiger partial charge in [0.25, 0.3) is 0 Å². The van der Waals surface area contributed by atoms with E-state index in [2.05, 4.69) is 10.6 Å². The van der Waals surface area contributed by atoms with Crippen molar-refractivity contribution in [2.45, 2.75) is 52.1 Å². The Kier molecular flexibility index (Phi) is 5.01. The molecule has 1 aliphatic rings. The Morgan fingerprint density at radius 2 is 1.91 bits per heavy atom. The van der Waals surface area contributed by atoms with Crippen molar-refractivity contribution >= 4 is 11.7 Å². The summed E-state index contributed by atoms with van der Waals surface area (Å²) < 4.78 is 0. The maximum absolute atomic E-state index is 12.5. The van der Waals surface area contributed by atoms with Gasteiger partial charge < -0.3 is 10.6 Å². The Bertz CT molecular complexity index is 549. The van der Waals surface area contributed by atoms with Crippen molar-refractivity contribution in [3.63, 3.8) is 0 Å². The van der Waals surface area contributed by atoms with Crippen LogP contribution >= 0.6 is 0 Å². The molecule has 2 unspecified atom stereocenters. The molecule has 0 aliphatic carbocycles. The van der Waals surface area contributed by atoms with Crippen LogP contribution in [0.5, 0.6) is 0 Å². The highest BCUT2D eigenvalue weighted by atomic mass is 16.2. The largest absolute Gasteiger partial charge is 0.350 e. The Labute approximate surface area is 132 Å². The summed E-state index contributed by atoms with van der Waals surface area (Å²) in [7, 11) is 0. The van der Waals surface area contributed by atoms with Gasteiger partial charge in [-0.25, -0.2) is 0 Å². The number of hydrogen-bond acceptors (Lipinski definition) is 3. The highest BCUT2D eigenvalue weighted by Crippen LogP contribution is 2.20. The number of hydrogen-bond donors (Lipinski definition) is 2. The molecule has 0 saturated carbocycles. The fourth-order valence-electron chi connectivity index (χ4n) is 2.60. The number of rotatable bonds is 5. The van der Waals surface area contributed by atoms with E-state index in [4.69, 9.17) is 0 Å². The highest BCUT2D eigenvalue weighted by molar-refractivity contribution is 5.99. The van der Waals surface area contributed by atoms with E-state index in [9.17, 15) is 9.59 Å². The van der Waals surface area contributed by atoms with Crippen LogP contribution in [0.25, 0.3) is 0 Å². The lowest BCUT2D eigenvalue weighted by Crippen LogP contribution is -2.49. The van der Waals surface area contributed by atoms with E-state index in [0.717, 1.165) is 17.5 Å². The summed E-state index contributed by atoms with van der Waals surface area (Å²) in [6.07, 6.45) is 1.44. The van der Waals surface area contributed by atoms with E-state index in [0.29, 0.717) is 13.0 Å². The molecular weight excluding hydrogens is 276 g/mol. The van der Waals surface area contributed by atoms with Crippen molar-refractivity contribution in [2.75, 3.05) is 6.54 Å². The van der Waals surface area contributed by atoms with Crippen molar-refractivity contribution in [3.8, 4) is 0 Å². The summed E-state index contributed by atoms with van der Waals surface area (Å²) >= 11 is 0. The second-order valence-corrected chi connectivity index (χ2v) is 6.85. The number of amides is 1. The number of benzene rings is 1. The van der Waals surface area contributed by atoms with E-state index in [1.54, 1.807) is 0 Å². The lowest BCUT2D eigenvalue weighted by molar-refractivity contribution is -0.124. The second-order valence-electron chi connectivity index (χ2n) is 6.85. The summed E-state index contributed by atoms with van der Waals surface area (Å²) in [5.74, 6) is -0.00759. The molecular formula is C18H26N2O2. The SMILES string of the molecule is CCC(C)(C)NC(=O)C1CC(C(=O)c2ccc(C)cc2)CN1. The molecule has 1 heterocycles. The maximum atomic E-state index is 12.5. The van der Waals surface area contributed by atoms with Crippen molar-refractivity contribution in [1.29, 1.82) is 0 Å². The van der Waals surface area contributed by atoms with Crippen LogP contribution in [0.2, 0.25) is 0 Å². The summed E-state index contributed by atoms with van der Waals surface area (Å²) in [6.45, 7) is 8.63. The fourth-order valence-corrected chi connectivity index (χ4v) is 2.60. The Hall–Kier alpha value is -1.68. The molecule has 1 aliphatic heterocycles. The van der Waals surface area contributed by atoms with Crippen LogP contribution in [0, 0.1) is 12.8 Å². The first kappa shape index (κ1) is 16.7. The van der Waals surface area contributed by atoms with Crippen molar-refractivity contribution in [3.05, 3.63) is 35.4 Å². The van der Waals surface area contributed by atoms with Gasteiger partial charge in [-0.3, -0.25) is 9.59 Å². The molecule has 1 saturated heterocycles. The van der Waals surface area contributed by atoms with Crippen LogP contribution in [-0.2, 0) is 4.79 Å². The molecule has 22 heavy (non-hydrogen) atoms. The molecule has 0 aromatic heterocycles. The van der Waals surface area contributed by atoms with Crippen LogP contribution in [-0.4, -0.2) is 29.8 Å². The van der Waals surface area contributed by atoms with Gasteiger partial charge in [0.05, 0.1) is 6.04 Å². The molecule has 1 amide bonds. The van der Waals surface area contributed by atoms with E-state index >= 15 is 0 Å². The third-order valence-corrected chi connectivity index (χ3v) is 4.50. The average Bonchev–Trinajstić information content (AvgIpc) is 2.97. The molecule has 0 spiro atoms. The van der Waals surface area contributed by atoms with Crippen LogP contribution in [0.3, 0.4) is 0 Å². The van der Waals surface area contributed by atoms with Crippen LogP contribution < -0.4 is 10.6 Å². The molecule has 0 radical (unpaired) electrons. The molecule has 2 rings (SSSR count). The van der Waals surface area contributed by atoms with Crippen molar-refractivity contribution in [2.24, 2.45) is 5.92 Å². The molecule has 1 aromatic rings. The molecule has 0 bridgehead atoms. The number of carbonyl (C=O) groups is 2. The summed E-state index contributed by atoms with van der Waals surface area (Å²) in [4.78, 5) is 24.8. The zero-order valence-electron chi connectivity index (χ0n) is 13.9. The van der Waals surface area contributed by atoms with E-state index in [-0.39, 0.29) is 29.2 Å². The summed E-state index contributed by atoms with van der Waals surface area (Å²) in [5, 5.41) is 6.22. The zero-order chi connectivity index (χ0) is 16.3. The van der Waals surface area contributed by atoms with Crippen molar-refractivity contribution in [1.82, 2.24) is 10.6 Å². The molecule has 1 fully saturated rings. The number of carbonyl (C=O) groups excluding carboxylic acids is 2. The van der Waals surface area contributed by atoms with E-state index < -0.39 is 0 Å². The maximum Gasteiger partial charge on any atom is 0.237 e. The molecule has 120 valence electrons. The van der Waals surface area contributed by atoms with Gasteiger partial charge in [-0.1, -0.05) is 36.8 Å². The quantitative estimate of drug-likeness (QED) is 0.822. The van der Waals surface area contributed by atoms with Gasteiger partial charge in [0, 0.05) is 23.6 Å². The minimum atomic E-state index is -0.273. The van der Waals surface area contributed by atoms with Gasteiger partial charge in [0.2, 0.25) is 5.91 Å². The van der Waals surface area contributed by atoms with Gasteiger partial charge in [-0.05, 0) is 33.6 Å². The fraction of sp³-hybridized carbons (Fsp3) is 0.556. The molecule has 2 N–H and O–H groups in total. The van der Waals surface area contributed by atoms with Gasteiger partial charge in [0.15, 0.2) is 5.78 Å². The summed E-state index contributed by atoms with van der Waals surface area (Å²) in [6, 6.07) is 7.36. The molecule has 4 nitrogen and oxygen atoms in total. The third kappa shape index (κ3) is 3.95. The zero-order valence-corrected chi connectivity index (χ0v) is 13.9. The number of ketones is 1. The molecule has 1 aromatic carbocycles. The Morgan fingerprint density at radius 1 is 1.27 bits per heavy atom. The van der Waals surface area contributed by atoms with E-state index in [1.807, 2.05) is 52.0 Å². The minimum Gasteiger partial charge on any atom is -0.350 e. The van der Waals surface area contributed by atoms with Gasteiger partial charge in [-0.2, -0.15) is 0 Å². The first-order valence-electron chi connectivity index (χ1n) is 7.98. The standard InChI is InChI=1S/C18H26N2O2/c1-5-18(3,4)20-17(22)15-10-14(11-19-15)16(21)13-8-6-12(2)7-9-13/h6-9,14-15,19H,5,10-11H2,1-4H3,(H,20,22). The minimum absolute atomic E-state index is 0.00828. The highest BCUT2D eigenvalue weighted by Gasteiger charge is 2.35. The predicted octanol–water partition coefficient (Wildman–Crippen LogP) is 2.46. The Balaban J connectivity index is 1.96. The van der Waals surface area contributed by atoms with Gasteiger partial charge in [0.1, 0.15) is 0 Å². The van der Waals surface area contributed by atoms with Crippen LogP contribution in [0.15, 0.2) is 24.3 Å². The third-order valence-electron chi connectivity index (χ3n) is 4.50. The topological polar surface area (TPSA) is 58.2 Å². The number of aryl methyl sites for hydroxylation is 1. The van der Waals surface area contributed by atoms with Crippen LogP contribution in [0.1, 0.15) is 49.5 Å². The lowest BCUT2D eigenvalue weighted by atomic mass is 9.94. The predicted molar refractivity (Wildman–Crippen MR) is 87.9 cm³/mol. The van der Waals surface area contributed by atoms with Crippen LogP contribution in [0.4, 0.5) is 0 Å². The number of Topliss-reactive ketones (excluding diaryl/α,β-unsaturated/α-hetero) is 1. The first-order chi connectivity index (χ1) is 10.3. The monoisotopic (exact) mass is 302 g/mol. The smallest absolute Gasteiger partial charge is 0.237 e. The Morgan fingerprint density at radius 3 is 2.50 bits per heavy atom. The van der Waals surface area contributed by atoms with Gasteiger partial charge >= 0.3 is 0 Å². The van der Waals surface area contributed by atoms with Crippen molar-refractivity contribution < 1.29 is 9.59 Å². The number of nitrogens with one attached hydrogen (secondary N) is 2. The molecule has 4 heteroatoms.